The molecule has 0 saturated heterocycles. The Morgan fingerprint density at radius 3 is 2.50 bits per heavy atom. The molecule has 1 aliphatic heterocycles. The minimum Gasteiger partial charge on any atom is -0.508 e. The number of aliphatic hydroxyl groups is 3. The number of rotatable bonds is 4. The number of nitrogens with two attached hydrogens (primary N) is 1. The van der Waals surface area contributed by atoms with Crippen molar-refractivity contribution in [3.05, 3.63) is 52.3 Å². The maximum absolute atomic E-state index is 14.3. The Balaban J connectivity index is 1.44. The highest BCUT2D eigenvalue weighted by atomic mass is 16.7. The van der Waals surface area contributed by atoms with E-state index < -0.39 is 58.0 Å². The highest BCUT2D eigenvalue weighted by molar-refractivity contribution is 6.24. The predicted octanol–water partition coefficient (Wildman–Crippen LogP) is 1.86. The maximum Gasteiger partial charge on any atom is 0.255 e. The molecule has 44 heavy (non-hydrogen) atoms. The molecule has 13 heteroatoms. The first kappa shape index (κ1) is 27.9. The second-order valence-electron chi connectivity index (χ2n) is 12.0. The Morgan fingerprint density at radius 1 is 1.09 bits per heavy atom. The third-order valence-electron chi connectivity index (χ3n) is 9.18. The number of ether oxygens (including phenoxy) is 2. The predicted molar refractivity (Wildman–Crippen MR) is 156 cm³/mol. The lowest BCUT2D eigenvalue weighted by atomic mass is 9.57. The summed E-state index contributed by atoms with van der Waals surface area (Å²) < 4.78 is 17.1. The molecule has 2 heterocycles. The molecule has 7 rings (SSSR count). The van der Waals surface area contributed by atoms with Gasteiger partial charge in [-0.3, -0.25) is 19.3 Å². The van der Waals surface area contributed by atoms with E-state index in [-0.39, 0.29) is 42.2 Å². The Labute approximate surface area is 250 Å². The summed E-state index contributed by atoms with van der Waals surface area (Å²) in [7, 11) is 6.85. The van der Waals surface area contributed by atoms with Crippen LogP contribution in [0.2, 0.25) is 0 Å². The van der Waals surface area contributed by atoms with Crippen molar-refractivity contribution < 1.29 is 43.6 Å². The average Bonchev–Trinajstić information content (AvgIpc) is 3.60. The van der Waals surface area contributed by atoms with Gasteiger partial charge in [0.15, 0.2) is 28.5 Å². The fraction of sp³-hybridized carbons (Fsp3) is 0.355. The van der Waals surface area contributed by atoms with Crippen LogP contribution in [-0.2, 0) is 20.8 Å². The molecule has 1 amide bonds. The number of aromatic nitrogens is 1. The van der Waals surface area contributed by atoms with Crippen molar-refractivity contribution >= 4 is 40.0 Å². The van der Waals surface area contributed by atoms with E-state index in [4.69, 9.17) is 19.6 Å². The third kappa shape index (κ3) is 3.59. The van der Waals surface area contributed by atoms with E-state index in [2.05, 4.69) is 4.98 Å². The summed E-state index contributed by atoms with van der Waals surface area (Å²) in [5.41, 5.74) is 4.73. The minimum absolute atomic E-state index is 0.0511. The lowest BCUT2D eigenvalue weighted by molar-refractivity contribution is -0.153. The number of carbonyl (C=O) groups excluding carboxylic acids is 3. The van der Waals surface area contributed by atoms with Crippen molar-refractivity contribution in [3.63, 3.8) is 0 Å². The van der Waals surface area contributed by atoms with E-state index in [9.17, 15) is 29.7 Å². The highest BCUT2D eigenvalue weighted by Gasteiger charge is 2.64. The molecule has 1 fully saturated rings. The molecule has 1 saturated carbocycles. The zero-order chi connectivity index (χ0) is 31.4. The maximum atomic E-state index is 14.3. The second-order valence-corrected chi connectivity index (χ2v) is 12.0. The van der Waals surface area contributed by atoms with Gasteiger partial charge in [0.05, 0.1) is 11.6 Å². The fourth-order valence-electron chi connectivity index (χ4n) is 7.23. The summed E-state index contributed by atoms with van der Waals surface area (Å²) in [6.45, 7) is 0.102. The second kappa shape index (κ2) is 9.31. The van der Waals surface area contributed by atoms with Crippen LogP contribution in [0, 0.1) is 11.8 Å². The SMILES string of the molecule is CN(C)c1cc2nc(-c3ccc4c(c3)OCO4)oc2c2c1CC1CC3[C@H](N(C)C)C(=O)C(C(N)=O)=C(O)[C@@]3(O)C(=O)C1=C2O. The van der Waals surface area contributed by atoms with Crippen molar-refractivity contribution in [1.29, 1.82) is 0 Å². The molecule has 4 aliphatic rings. The number of ketones is 2. The number of primary amides is 1. The summed E-state index contributed by atoms with van der Waals surface area (Å²) in [5, 5.41) is 34.9. The molecule has 3 aliphatic carbocycles. The molecular formula is C31H30N4O9. The standard InChI is InChI=1S/C31H30N4O9/c1-34(2)17-10-16-26(44-30(33-16)12-5-6-18-19(9-12)43-11-42-18)21-14(17)7-13-8-15-23(35(3)4)25(37)22(29(32)40)28(39)31(15,41)27(38)20(13)24(21)36/h5-6,9-10,13,15,23,36,39,41H,7-8,11H2,1-4H3,(H2,32,40)/t13?,15?,23-,31-/m0/s1. The number of Topliss-reactive ketones (excluding diaryl/α,β-unsaturated/α-hetero) is 2. The van der Waals surface area contributed by atoms with Crippen molar-refractivity contribution in [2.45, 2.75) is 24.5 Å². The van der Waals surface area contributed by atoms with Crippen LogP contribution >= 0.6 is 0 Å². The number of fused-ring (bicyclic) bond motifs is 6. The average molecular weight is 603 g/mol. The normalized spacial score (nSPS) is 25.8. The lowest BCUT2D eigenvalue weighted by Gasteiger charge is -2.50. The first-order valence-corrected chi connectivity index (χ1v) is 14.0. The van der Waals surface area contributed by atoms with Gasteiger partial charge in [0.1, 0.15) is 22.6 Å². The number of likely N-dealkylation sites (N-methyl/N-ethyl adjacent to an activating group) is 1. The summed E-state index contributed by atoms with van der Waals surface area (Å²) in [6.07, 6.45) is 0.313. The zero-order valence-corrected chi connectivity index (χ0v) is 24.4. The number of anilines is 1. The lowest BCUT2D eigenvalue weighted by Crippen LogP contribution is -2.65. The Hall–Kier alpha value is -4.88. The van der Waals surface area contributed by atoms with Gasteiger partial charge in [-0.2, -0.15) is 0 Å². The molecule has 2 unspecified atom stereocenters. The zero-order valence-electron chi connectivity index (χ0n) is 24.4. The van der Waals surface area contributed by atoms with Crippen molar-refractivity contribution in [3.8, 4) is 23.0 Å². The van der Waals surface area contributed by atoms with E-state index in [1.165, 1.54) is 4.90 Å². The smallest absolute Gasteiger partial charge is 0.255 e. The number of oxazole rings is 1. The van der Waals surface area contributed by atoms with Crippen molar-refractivity contribution in [2.24, 2.45) is 17.6 Å². The van der Waals surface area contributed by atoms with Gasteiger partial charge in [-0.15, -0.1) is 0 Å². The van der Waals surface area contributed by atoms with Crippen LogP contribution in [0.1, 0.15) is 17.5 Å². The number of hydrogen-bond donors (Lipinski definition) is 4. The Bertz CT molecular complexity index is 1890. The number of amides is 1. The van der Waals surface area contributed by atoms with Gasteiger partial charge < -0.3 is 39.8 Å². The van der Waals surface area contributed by atoms with E-state index >= 15 is 0 Å². The molecule has 0 bridgehead atoms. The van der Waals surface area contributed by atoms with E-state index in [1.807, 2.05) is 25.1 Å². The van der Waals surface area contributed by atoms with E-state index in [0.717, 1.165) is 5.69 Å². The monoisotopic (exact) mass is 602 g/mol. The third-order valence-corrected chi connectivity index (χ3v) is 9.18. The number of nitrogens with zero attached hydrogens (tertiary/aromatic N) is 3. The first-order valence-electron chi connectivity index (χ1n) is 14.0. The Kier molecular flexibility index (Phi) is 5.91. The van der Waals surface area contributed by atoms with Crippen molar-refractivity contribution in [2.75, 3.05) is 39.9 Å². The summed E-state index contributed by atoms with van der Waals surface area (Å²) >= 11 is 0. The molecule has 4 atom stereocenters. The van der Waals surface area contributed by atoms with Gasteiger partial charge in [0.2, 0.25) is 18.5 Å². The van der Waals surface area contributed by atoms with Crippen LogP contribution in [0.3, 0.4) is 0 Å². The summed E-state index contributed by atoms with van der Waals surface area (Å²) in [5.74, 6) is -4.92. The van der Waals surface area contributed by atoms with Crippen LogP contribution in [0.15, 0.2) is 45.6 Å². The molecule has 3 aromatic rings. The van der Waals surface area contributed by atoms with E-state index in [0.29, 0.717) is 28.1 Å². The molecule has 228 valence electrons. The van der Waals surface area contributed by atoms with Crippen LogP contribution in [0.5, 0.6) is 11.5 Å². The molecule has 2 aromatic carbocycles. The highest BCUT2D eigenvalue weighted by Crippen LogP contribution is 2.53. The van der Waals surface area contributed by atoms with Crippen LogP contribution in [-0.4, -0.2) is 89.3 Å². The van der Waals surface area contributed by atoms with Gasteiger partial charge >= 0.3 is 0 Å². The number of hydrogen-bond acceptors (Lipinski definition) is 12. The largest absolute Gasteiger partial charge is 0.508 e. The molecule has 5 N–H and O–H groups in total. The van der Waals surface area contributed by atoms with Crippen molar-refractivity contribution in [1.82, 2.24) is 9.88 Å². The number of carbonyl (C=O) groups is 3. The number of aliphatic hydroxyl groups excluding tert-OH is 2. The van der Waals surface area contributed by atoms with Crippen LogP contribution < -0.4 is 20.1 Å². The number of benzene rings is 2. The minimum atomic E-state index is -2.66. The first-order chi connectivity index (χ1) is 20.8. The molecule has 13 nitrogen and oxygen atoms in total. The molecule has 0 spiro atoms. The van der Waals surface area contributed by atoms with E-state index in [1.54, 1.807) is 32.3 Å². The molecular weight excluding hydrogens is 572 g/mol. The summed E-state index contributed by atoms with van der Waals surface area (Å²) in [6, 6.07) is 5.96. The van der Waals surface area contributed by atoms with Gasteiger partial charge in [-0.25, -0.2) is 4.98 Å². The van der Waals surface area contributed by atoms with Gasteiger partial charge in [0, 0.05) is 36.8 Å². The van der Waals surface area contributed by atoms with Gasteiger partial charge in [-0.05, 0) is 62.7 Å². The van der Waals surface area contributed by atoms with Gasteiger partial charge in [-0.1, -0.05) is 0 Å². The Morgan fingerprint density at radius 2 is 1.82 bits per heavy atom. The fourth-order valence-corrected chi connectivity index (χ4v) is 7.23. The van der Waals surface area contributed by atoms with Gasteiger partial charge in [0.25, 0.3) is 5.91 Å². The van der Waals surface area contributed by atoms with Crippen LogP contribution in [0.4, 0.5) is 5.69 Å². The van der Waals surface area contributed by atoms with Crippen LogP contribution in [0.25, 0.3) is 28.3 Å². The molecule has 0 radical (unpaired) electrons. The summed E-state index contributed by atoms with van der Waals surface area (Å²) in [4.78, 5) is 47.9. The molecule has 1 aromatic heterocycles. The topological polar surface area (TPSA) is 189 Å². The quantitative estimate of drug-likeness (QED) is 0.318.